The lowest BCUT2D eigenvalue weighted by atomic mass is 9.87. The topological polar surface area (TPSA) is 68.1 Å². The molecule has 0 spiro atoms. The molecular weight excluding hydrogens is 480 g/mol. The Morgan fingerprint density at radius 3 is 2.79 bits per heavy atom. The van der Waals surface area contributed by atoms with Crippen LogP contribution in [-0.2, 0) is 0 Å². The lowest BCUT2D eigenvalue weighted by Crippen LogP contribution is -2.38. The molecule has 0 radical (unpaired) electrons. The minimum atomic E-state index is 0.359. The van der Waals surface area contributed by atoms with E-state index in [2.05, 4.69) is 87.4 Å². The van der Waals surface area contributed by atoms with Gasteiger partial charge in [-0.2, -0.15) is 0 Å². The van der Waals surface area contributed by atoms with E-state index in [9.17, 15) is 0 Å². The zero-order valence-corrected chi connectivity index (χ0v) is 23.7. The van der Waals surface area contributed by atoms with Crippen LogP contribution in [0.2, 0.25) is 0 Å². The van der Waals surface area contributed by atoms with Gasteiger partial charge in [0.1, 0.15) is 6.34 Å². The Balaban J connectivity index is 1.22. The lowest BCUT2D eigenvalue weighted by Gasteiger charge is -2.33. The van der Waals surface area contributed by atoms with E-state index < -0.39 is 0 Å². The van der Waals surface area contributed by atoms with E-state index in [0.29, 0.717) is 17.9 Å². The van der Waals surface area contributed by atoms with Crippen LogP contribution >= 0.6 is 0 Å². The number of aromatic amines is 1. The number of likely N-dealkylation sites (tertiary alicyclic amines) is 1. The van der Waals surface area contributed by atoms with E-state index in [1.54, 1.807) is 6.34 Å². The Kier molecular flexibility index (Phi) is 7.64. The van der Waals surface area contributed by atoms with Gasteiger partial charge in [-0.15, -0.1) is 0 Å². The normalized spacial score (nSPS) is 24.7. The Hall–Kier alpha value is -3.25. The van der Waals surface area contributed by atoms with Crippen LogP contribution in [0.4, 0.5) is 0 Å². The molecule has 6 rings (SSSR count). The Morgan fingerprint density at radius 2 is 1.97 bits per heavy atom. The summed E-state index contributed by atoms with van der Waals surface area (Å²) in [5, 5.41) is 4.81. The third-order valence-corrected chi connectivity index (χ3v) is 8.90. The molecule has 4 heterocycles. The molecular formula is C33H42N6. The highest BCUT2D eigenvalue weighted by atomic mass is 15.2. The number of benzene rings is 1. The monoisotopic (exact) mass is 522 g/mol. The quantitative estimate of drug-likeness (QED) is 0.441. The second kappa shape index (κ2) is 11.5. The van der Waals surface area contributed by atoms with Gasteiger partial charge in [0, 0.05) is 41.0 Å². The maximum atomic E-state index is 4.57. The fourth-order valence-corrected chi connectivity index (χ4v) is 6.63. The van der Waals surface area contributed by atoms with E-state index in [1.807, 2.05) is 6.34 Å². The minimum Gasteiger partial charge on any atom is -0.354 e. The number of aliphatic imine (C=N–C) groups is 3. The maximum absolute atomic E-state index is 4.57. The molecule has 4 aliphatic rings. The van der Waals surface area contributed by atoms with Crippen LogP contribution in [0.15, 0.2) is 62.7 Å². The molecule has 2 aromatic rings. The van der Waals surface area contributed by atoms with Crippen LogP contribution in [0.5, 0.6) is 0 Å². The van der Waals surface area contributed by atoms with E-state index >= 15 is 0 Å². The van der Waals surface area contributed by atoms with Gasteiger partial charge in [0.25, 0.3) is 0 Å². The van der Waals surface area contributed by atoms with Crippen molar-refractivity contribution in [1.82, 2.24) is 15.2 Å². The van der Waals surface area contributed by atoms with E-state index in [1.165, 1.54) is 57.4 Å². The van der Waals surface area contributed by atoms with Gasteiger partial charge < -0.3 is 10.3 Å². The third kappa shape index (κ3) is 5.58. The van der Waals surface area contributed by atoms with Crippen molar-refractivity contribution in [1.29, 1.82) is 0 Å². The number of rotatable bonds is 6. The number of H-pyrrole nitrogens is 1. The van der Waals surface area contributed by atoms with Crippen LogP contribution in [-0.4, -0.2) is 60.5 Å². The molecule has 1 fully saturated rings. The lowest BCUT2D eigenvalue weighted by molar-refractivity contribution is 0.225. The molecule has 6 heteroatoms. The van der Waals surface area contributed by atoms with Crippen LogP contribution in [0.3, 0.4) is 0 Å². The van der Waals surface area contributed by atoms with Gasteiger partial charge in [-0.05, 0) is 97.5 Å². The fraction of sp³-hybridized carbons (Fsp3) is 0.485. The molecule has 0 saturated carbocycles. The average molecular weight is 523 g/mol. The number of hydrogen-bond donors (Lipinski definition) is 2. The van der Waals surface area contributed by atoms with Crippen molar-refractivity contribution in [3.63, 3.8) is 0 Å². The molecule has 1 atom stereocenters. The van der Waals surface area contributed by atoms with Crippen molar-refractivity contribution in [3.05, 3.63) is 64.5 Å². The summed E-state index contributed by atoms with van der Waals surface area (Å²) >= 11 is 0. The second-order valence-corrected chi connectivity index (χ2v) is 11.8. The van der Waals surface area contributed by atoms with Gasteiger partial charge in [-0.1, -0.05) is 39.0 Å². The fourth-order valence-electron chi connectivity index (χ4n) is 6.63. The molecule has 2 N–H and O–H groups in total. The number of nitrogens with zero attached hydrogens (tertiary/aromatic N) is 4. The second-order valence-electron chi connectivity index (χ2n) is 11.8. The molecule has 2 bridgehead atoms. The summed E-state index contributed by atoms with van der Waals surface area (Å²) in [6.07, 6.45) is 17.0. The number of hydrogen-bond acceptors (Lipinski definition) is 5. The Labute approximate surface area is 232 Å². The first-order chi connectivity index (χ1) is 19.1. The molecule has 6 nitrogen and oxygen atoms in total. The predicted octanol–water partition coefficient (Wildman–Crippen LogP) is 6.74. The van der Waals surface area contributed by atoms with Gasteiger partial charge >= 0.3 is 0 Å². The largest absolute Gasteiger partial charge is 0.354 e. The van der Waals surface area contributed by atoms with Crippen molar-refractivity contribution in [3.8, 4) is 0 Å². The van der Waals surface area contributed by atoms with Crippen molar-refractivity contribution in [2.45, 2.75) is 77.2 Å². The first-order valence-electron chi connectivity index (χ1n) is 14.9. The summed E-state index contributed by atoms with van der Waals surface area (Å²) in [5.41, 5.74) is 10.7. The SMILES string of the molecule is CCC1=C(CN2CCC(c3ccc4[nH]c(C5=C/CCC6CC(=NC=N6)/C=C\5)c(C(C)C)c4c3)CC2)NC=NC1. The van der Waals surface area contributed by atoms with Gasteiger partial charge in [-0.3, -0.25) is 14.9 Å². The minimum absolute atomic E-state index is 0.359. The molecule has 1 aromatic carbocycles. The summed E-state index contributed by atoms with van der Waals surface area (Å²) in [6, 6.07) is 7.54. The maximum Gasteiger partial charge on any atom is 0.110 e. The Bertz CT molecular complexity index is 1390. The zero-order chi connectivity index (χ0) is 26.8. The zero-order valence-electron chi connectivity index (χ0n) is 23.7. The standard InChI is InChI=1S/C33H42N6/c1-4-23-18-34-20-37-31(23)19-39-14-12-24(13-15-39)26-9-11-30-29(16-26)32(22(2)3)33(38-30)25-6-5-7-27-17-28(10-8-25)36-21-35-27/h6,8-11,16,20-22,24,27,38H,4-5,7,12-15,17-19H2,1-3H3,(H,34,37)/b10-8-,25-6+. The number of aromatic nitrogens is 1. The first kappa shape index (κ1) is 26.0. The van der Waals surface area contributed by atoms with E-state index in [-0.39, 0.29) is 0 Å². The highest BCUT2D eigenvalue weighted by Crippen LogP contribution is 2.37. The van der Waals surface area contributed by atoms with Gasteiger partial charge in [-0.25, -0.2) is 4.99 Å². The highest BCUT2D eigenvalue weighted by Gasteiger charge is 2.24. The Morgan fingerprint density at radius 1 is 1.10 bits per heavy atom. The van der Waals surface area contributed by atoms with Crippen LogP contribution in [0.25, 0.3) is 16.5 Å². The molecule has 0 amide bonds. The van der Waals surface area contributed by atoms with E-state index in [4.69, 9.17) is 0 Å². The highest BCUT2D eigenvalue weighted by molar-refractivity contribution is 6.03. The average Bonchev–Trinajstić information content (AvgIpc) is 3.36. The number of nitrogens with one attached hydrogen (secondary N) is 2. The summed E-state index contributed by atoms with van der Waals surface area (Å²) in [6.45, 7) is 11.0. The smallest absolute Gasteiger partial charge is 0.110 e. The van der Waals surface area contributed by atoms with Gasteiger partial charge in [0.05, 0.1) is 18.9 Å². The molecule has 3 aliphatic heterocycles. The van der Waals surface area contributed by atoms with E-state index in [0.717, 1.165) is 57.6 Å². The summed E-state index contributed by atoms with van der Waals surface area (Å²) in [7, 11) is 0. The molecule has 1 aromatic heterocycles. The first-order valence-corrected chi connectivity index (χ1v) is 14.9. The molecule has 1 aliphatic carbocycles. The van der Waals surface area contributed by atoms with Crippen LogP contribution in [0.1, 0.15) is 88.0 Å². The van der Waals surface area contributed by atoms with Gasteiger partial charge in [0.2, 0.25) is 0 Å². The number of piperidine rings is 1. The molecule has 1 unspecified atom stereocenters. The number of allylic oxidation sites excluding steroid dienone is 4. The third-order valence-electron chi connectivity index (χ3n) is 8.90. The summed E-state index contributed by atoms with van der Waals surface area (Å²) in [4.78, 5) is 19.9. The van der Waals surface area contributed by atoms with Crippen LogP contribution < -0.4 is 5.32 Å². The van der Waals surface area contributed by atoms with Crippen molar-refractivity contribution in [2.75, 3.05) is 26.2 Å². The molecule has 39 heavy (non-hydrogen) atoms. The summed E-state index contributed by atoms with van der Waals surface area (Å²) in [5.74, 6) is 1.05. The van der Waals surface area contributed by atoms with Gasteiger partial charge in [0.15, 0.2) is 0 Å². The van der Waals surface area contributed by atoms with Crippen molar-refractivity contribution >= 4 is 34.9 Å². The van der Waals surface area contributed by atoms with Crippen molar-refractivity contribution < 1.29 is 0 Å². The van der Waals surface area contributed by atoms with Crippen molar-refractivity contribution in [2.24, 2.45) is 15.0 Å². The summed E-state index contributed by atoms with van der Waals surface area (Å²) < 4.78 is 0. The predicted molar refractivity (Wildman–Crippen MR) is 165 cm³/mol. The van der Waals surface area contributed by atoms with Crippen LogP contribution in [0, 0.1) is 0 Å². The molecule has 204 valence electrons. The number of fused-ring (bicyclic) bond motifs is 3. The molecule has 1 saturated heterocycles.